The van der Waals surface area contributed by atoms with Crippen molar-refractivity contribution in [2.75, 3.05) is 10.9 Å². The van der Waals surface area contributed by atoms with Gasteiger partial charge in [-0.1, -0.05) is 57.2 Å². The Balaban J connectivity index is 1.77. The highest BCUT2D eigenvalue weighted by molar-refractivity contribution is 7.93. The number of anilines is 1. The molecular formula is C38H45FN2O7SSi. The van der Waals surface area contributed by atoms with E-state index in [0.29, 0.717) is 5.56 Å². The van der Waals surface area contributed by atoms with Crippen LogP contribution in [0.2, 0.25) is 18.1 Å². The van der Waals surface area contributed by atoms with E-state index in [0.717, 1.165) is 44.4 Å². The third kappa shape index (κ3) is 8.59. The Kier molecular flexibility index (Phi) is 11.6. The summed E-state index contributed by atoms with van der Waals surface area (Å²) < 4.78 is 56.5. The van der Waals surface area contributed by atoms with Crippen molar-refractivity contribution in [3.8, 4) is 16.9 Å². The van der Waals surface area contributed by atoms with Crippen LogP contribution in [0.25, 0.3) is 11.1 Å². The van der Waals surface area contributed by atoms with Crippen LogP contribution in [0.5, 0.6) is 5.75 Å². The largest absolute Gasteiger partial charge is 0.543 e. The molecule has 0 saturated heterocycles. The van der Waals surface area contributed by atoms with E-state index in [1.807, 2.05) is 44.2 Å². The minimum atomic E-state index is -4.58. The molecule has 0 unspecified atom stereocenters. The second-order valence-electron chi connectivity index (χ2n) is 13.8. The van der Waals surface area contributed by atoms with Crippen LogP contribution in [-0.2, 0) is 32.5 Å². The highest BCUT2D eigenvalue weighted by Gasteiger charge is 2.39. The number of halogens is 1. The fourth-order valence-corrected chi connectivity index (χ4v) is 8.12. The molecule has 0 saturated carbocycles. The molecule has 4 rings (SSSR count). The van der Waals surface area contributed by atoms with Gasteiger partial charge in [0, 0.05) is 12.5 Å². The number of nitro groups is 1. The van der Waals surface area contributed by atoms with Gasteiger partial charge in [-0.25, -0.2) is 12.8 Å². The first-order valence-electron chi connectivity index (χ1n) is 16.5. The Hall–Kier alpha value is -4.55. The summed E-state index contributed by atoms with van der Waals surface area (Å²) >= 11 is 0. The maximum atomic E-state index is 15.5. The average Bonchev–Trinajstić information content (AvgIpc) is 3.02. The van der Waals surface area contributed by atoms with Crippen LogP contribution in [0.3, 0.4) is 0 Å². The van der Waals surface area contributed by atoms with Gasteiger partial charge in [0.15, 0.2) is 4.90 Å². The quantitative estimate of drug-likeness (QED) is 0.0585. The molecule has 0 atom stereocenters. The summed E-state index contributed by atoms with van der Waals surface area (Å²) in [5.41, 5.74) is 3.96. The lowest BCUT2D eigenvalue weighted by Gasteiger charge is -2.36. The number of nitrogens with zero attached hydrogens (tertiary/aromatic N) is 2. The summed E-state index contributed by atoms with van der Waals surface area (Å²) in [6, 6.07) is 20.4. The third-order valence-corrected chi connectivity index (χ3v) is 15.3. The second kappa shape index (κ2) is 15.1. The predicted octanol–water partition coefficient (Wildman–Crippen LogP) is 9.29. The number of esters is 1. The number of para-hydroxylation sites is 1. The molecule has 12 heteroatoms. The molecule has 0 amide bonds. The summed E-state index contributed by atoms with van der Waals surface area (Å²) in [5.74, 6) is -0.379. The van der Waals surface area contributed by atoms with Crippen molar-refractivity contribution in [2.24, 2.45) is 0 Å². The molecule has 4 aromatic carbocycles. The van der Waals surface area contributed by atoms with Crippen molar-refractivity contribution in [2.45, 2.75) is 84.0 Å². The van der Waals surface area contributed by atoms with Crippen LogP contribution in [0.15, 0.2) is 83.8 Å². The van der Waals surface area contributed by atoms with E-state index in [2.05, 4.69) is 33.9 Å². The average molecular weight is 721 g/mol. The zero-order valence-electron chi connectivity index (χ0n) is 29.9. The van der Waals surface area contributed by atoms with Crippen molar-refractivity contribution in [3.63, 3.8) is 0 Å². The highest BCUT2D eigenvalue weighted by atomic mass is 32.2. The zero-order chi connectivity index (χ0) is 37.0. The minimum Gasteiger partial charge on any atom is -0.543 e. The molecule has 0 fully saturated rings. The number of hydrogen-bond acceptors (Lipinski definition) is 7. The number of ether oxygens (including phenoxy) is 1. The molecule has 0 heterocycles. The van der Waals surface area contributed by atoms with Gasteiger partial charge in [-0.2, -0.15) is 0 Å². The second-order valence-corrected chi connectivity index (χ2v) is 20.4. The van der Waals surface area contributed by atoms with Gasteiger partial charge in [0.25, 0.3) is 15.7 Å². The number of sulfonamides is 1. The summed E-state index contributed by atoms with van der Waals surface area (Å²) in [7, 11) is -6.66. The molecule has 0 spiro atoms. The van der Waals surface area contributed by atoms with E-state index in [1.54, 1.807) is 13.0 Å². The van der Waals surface area contributed by atoms with E-state index in [4.69, 9.17) is 9.16 Å². The number of rotatable bonds is 13. The minimum absolute atomic E-state index is 0.0227. The fraction of sp³-hybridized carbons (Fsp3) is 0.342. The van der Waals surface area contributed by atoms with Gasteiger partial charge in [0.1, 0.15) is 11.6 Å². The molecule has 0 N–H and O–H groups in total. The van der Waals surface area contributed by atoms with Crippen LogP contribution in [0.1, 0.15) is 56.4 Å². The monoisotopic (exact) mass is 720 g/mol. The van der Waals surface area contributed by atoms with Gasteiger partial charge >= 0.3 is 5.97 Å². The lowest BCUT2D eigenvalue weighted by Crippen LogP contribution is -2.43. The SMILES string of the molecule is CCOC(=O)CCc1ccc(N(Cc2cccc(-c3c(C)cc(O[Si](C)(C)C(C)(C)C)cc3C)c2)S(=O)(=O)c2ccccc2[N+](=O)[O-])cc1F. The molecule has 0 aromatic heterocycles. The maximum absolute atomic E-state index is 15.5. The van der Waals surface area contributed by atoms with Crippen molar-refractivity contribution < 1.29 is 31.7 Å². The number of nitro benzene ring substituents is 1. The predicted molar refractivity (Wildman–Crippen MR) is 197 cm³/mol. The lowest BCUT2D eigenvalue weighted by atomic mass is 9.94. The summed E-state index contributed by atoms with van der Waals surface area (Å²) in [5, 5.41) is 11.9. The van der Waals surface area contributed by atoms with E-state index in [-0.39, 0.29) is 42.3 Å². The van der Waals surface area contributed by atoms with E-state index >= 15 is 4.39 Å². The van der Waals surface area contributed by atoms with Gasteiger partial charge < -0.3 is 9.16 Å². The molecule has 0 aliphatic carbocycles. The number of hydrogen-bond donors (Lipinski definition) is 0. The molecule has 0 aliphatic rings. The molecule has 266 valence electrons. The van der Waals surface area contributed by atoms with Crippen LogP contribution in [0, 0.1) is 29.8 Å². The fourth-order valence-electron chi connectivity index (χ4n) is 5.50. The van der Waals surface area contributed by atoms with E-state index in [1.165, 1.54) is 30.3 Å². The van der Waals surface area contributed by atoms with E-state index < -0.39 is 45.6 Å². The van der Waals surface area contributed by atoms with Crippen LogP contribution < -0.4 is 8.73 Å². The van der Waals surface area contributed by atoms with Crippen molar-refractivity contribution >= 4 is 35.7 Å². The summed E-state index contributed by atoms with van der Waals surface area (Å²) in [6.07, 6.45) is 0.0136. The van der Waals surface area contributed by atoms with Crippen LogP contribution in [0.4, 0.5) is 15.8 Å². The van der Waals surface area contributed by atoms with Crippen molar-refractivity contribution in [3.05, 3.63) is 117 Å². The molecule has 50 heavy (non-hydrogen) atoms. The van der Waals surface area contributed by atoms with Crippen molar-refractivity contribution in [1.82, 2.24) is 0 Å². The Morgan fingerprint density at radius 3 is 2.22 bits per heavy atom. The summed E-state index contributed by atoms with van der Waals surface area (Å²) in [4.78, 5) is 22.5. The molecule has 4 aromatic rings. The Labute approximate surface area is 295 Å². The third-order valence-electron chi connectivity index (χ3n) is 9.09. The van der Waals surface area contributed by atoms with Gasteiger partial charge in [-0.3, -0.25) is 19.2 Å². The van der Waals surface area contributed by atoms with Crippen LogP contribution >= 0.6 is 0 Å². The lowest BCUT2D eigenvalue weighted by molar-refractivity contribution is -0.387. The maximum Gasteiger partial charge on any atom is 0.306 e. The smallest absolute Gasteiger partial charge is 0.306 e. The Morgan fingerprint density at radius 2 is 1.62 bits per heavy atom. The molecule has 9 nitrogen and oxygen atoms in total. The molecule has 0 aliphatic heterocycles. The number of carbonyl (C=O) groups excluding carboxylic acids is 1. The highest BCUT2D eigenvalue weighted by Crippen LogP contribution is 2.40. The molecule has 0 radical (unpaired) electrons. The van der Waals surface area contributed by atoms with Gasteiger partial charge in [-0.05, 0) is 115 Å². The Morgan fingerprint density at radius 1 is 0.960 bits per heavy atom. The van der Waals surface area contributed by atoms with Gasteiger partial charge in [0.2, 0.25) is 8.32 Å². The van der Waals surface area contributed by atoms with Crippen molar-refractivity contribution in [1.29, 1.82) is 0 Å². The standard InChI is InChI=1S/C38H45FN2O7SSi/c1-9-47-36(42)20-18-29-17-19-31(24-33(29)39)40(49(45,46)35-16-11-10-15-34(35)41(43)44)25-28-13-12-14-30(23-28)37-26(2)21-32(22-27(37)3)48-50(7,8)38(4,5)6/h10-17,19,21-24H,9,18,20,25H2,1-8H3. The first-order chi connectivity index (χ1) is 23.4. The zero-order valence-corrected chi connectivity index (χ0v) is 31.7. The number of aryl methyl sites for hydroxylation is 3. The van der Waals surface area contributed by atoms with E-state index in [9.17, 15) is 23.3 Å². The van der Waals surface area contributed by atoms with Gasteiger partial charge in [-0.15, -0.1) is 0 Å². The van der Waals surface area contributed by atoms with Crippen LogP contribution in [-0.4, -0.2) is 34.2 Å². The number of carbonyl (C=O) groups is 1. The first-order valence-corrected chi connectivity index (χ1v) is 20.8. The topological polar surface area (TPSA) is 116 Å². The molecule has 0 bridgehead atoms. The first kappa shape index (κ1) is 38.3. The normalized spacial score (nSPS) is 12.0. The Bertz CT molecular complexity index is 1990. The number of benzene rings is 4. The molecular weight excluding hydrogens is 676 g/mol. The summed E-state index contributed by atoms with van der Waals surface area (Å²) in [6.45, 7) is 16.6. The van der Waals surface area contributed by atoms with Gasteiger partial charge in [0.05, 0.1) is 23.8 Å².